The summed E-state index contributed by atoms with van der Waals surface area (Å²) in [5.41, 5.74) is 3.10. The van der Waals surface area contributed by atoms with Gasteiger partial charge in [-0.05, 0) is 39.8 Å². The van der Waals surface area contributed by atoms with Crippen LogP contribution in [-0.2, 0) is 20.8 Å². The van der Waals surface area contributed by atoms with Crippen molar-refractivity contribution in [2.24, 2.45) is 0 Å². The van der Waals surface area contributed by atoms with Crippen LogP contribution in [0, 0.1) is 13.8 Å². The fourth-order valence-corrected chi connectivity index (χ4v) is 3.37. The van der Waals surface area contributed by atoms with Crippen molar-refractivity contribution in [3.05, 3.63) is 59.0 Å². The summed E-state index contributed by atoms with van der Waals surface area (Å²) in [5.74, 6) is -1.25. The number of para-hydroxylation sites is 1. The molecule has 29 heavy (non-hydrogen) atoms. The number of ether oxygens (including phenoxy) is 2. The number of esters is 2. The molecule has 7 heteroatoms. The quantitative estimate of drug-likeness (QED) is 0.487. The maximum Gasteiger partial charge on any atom is 0.339 e. The summed E-state index contributed by atoms with van der Waals surface area (Å²) in [7, 11) is 0. The predicted octanol–water partition coefficient (Wildman–Crippen LogP) is 3.58. The van der Waals surface area contributed by atoms with Gasteiger partial charge in [0.25, 0.3) is 0 Å². The molecule has 0 amide bonds. The molecule has 0 saturated carbocycles. The number of ketones is 1. The third-order valence-electron chi connectivity index (χ3n) is 4.89. The summed E-state index contributed by atoms with van der Waals surface area (Å²) in [6.45, 7) is 7.01. The van der Waals surface area contributed by atoms with Gasteiger partial charge in [0.1, 0.15) is 6.54 Å². The molecule has 0 aliphatic rings. The van der Waals surface area contributed by atoms with E-state index < -0.39 is 18.0 Å². The monoisotopic (exact) mass is 396 g/mol. The number of nitrogens with zero attached hydrogens (tertiary/aromatic N) is 1. The van der Waals surface area contributed by atoms with Gasteiger partial charge in [-0.15, -0.1) is 0 Å². The Bertz CT molecular complexity index is 1080. The highest BCUT2D eigenvalue weighted by atomic mass is 16.5. The molecule has 3 aromatic rings. The van der Waals surface area contributed by atoms with Crippen LogP contribution in [0.4, 0.5) is 0 Å². The van der Waals surface area contributed by atoms with Crippen LogP contribution in [0.5, 0.6) is 0 Å². The number of carbonyl (C=O) groups is 3. The minimum Gasteiger partial charge on any atom is -0.462 e. The number of aromatic amines is 1. The summed E-state index contributed by atoms with van der Waals surface area (Å²) in [6.07, 6.45) is 0.700. The van der Waals surface area contributed by atoms with Crippen LogP contribution in [0.3, 0.4) is 0 Å². The first-order valence-corrected chi connectivity index (χ1v) is 9.47. The van der Waals surface area contributed by atoms with E-state index in [4.69, 9.17) is 9.47 Å². The maximum atomic E-state index is 12.7. The van der Waals surface area contributed by atoms with Crippen LogP contribution in [0.2, 0.25) is 0 Å². The predicted molar refractivity (Wildman–Crippen MR) is 108 cm³/mol. The van der Waals surface area contributed by atoms with Crippen molar-refractivity contribution in [2.75, 3.05) is 6.61 Å². The summed E-state index contributed by atoms with van der Waals surface area (Å²) in [4.78, 5) is 40.3. The average molecular weight is 396 g/mol. The fourth-order valence-electron chi connectivity index (χ4n) is 3.37. The Morgan fingerprint density at radius 3 is 2.59 bits per heavy atom. The molecule has 2 aromatic heterocycles. The molecule has 0 aliphatic carbocycles. The molecule has 2 heterocycles. The van der Waals surface area contributed by atoms with E-state index in [1.54, 1.807) is 44.5 Å². The number of fused-ring (bicyclic) bond motifs is 1. The van der Waals surface area contributed by atoms with Gasteiger partial charge in [-0.3, -0.25) is 9.59 Å². The van der Waals surface area contributed by atoms with Crippen LogP contribution >= 0.6 is 0 Å². The van der Waals surface area contributed by atoms with Crippen molar-refractivity contribution in [1.29, 1.82) is 0 Å². The Morgan fingerprint density at radius 2 is 1.86 bits per heavy atom. The van der Waals surface area contributed by atoms with Gasteiger partial charge in [-0.25, -0.2) is 4.79 Å². The summed E-state index contributed by atoms with van der Waals surface area (Å²) >= 11 is 0. The first-order valence-electron chi connectivity index (χ1n) is 9.47. The Hall–Kier alpha value is -3.35. The van der Waals surface area contributed by atoms with Crippen LogP contribution in [-0.4, -0.2) is 40.0 Å². The number of nitrogens with one attached hydrogen (secondary N) is 1. The molecule has 1 aromatic carbocycles. The molecule has 0 spiro atoms. The zero-order chi connectivity index (χ0) is 21.1. The van der Waals surface area contributed by atoms with Crippen LogP contribution in [0.15, 0.2) is 36.5 Å². The normalized spacial score (nSPS) is 12.0. The molecule has 0 aliphatic heterocycles. The van der Waals surface area contributed by atoms with E-state index in [2.05, 4.69) is 4.98 Å². The minimum atomic E-state index is -0.928. The largest absolute Gasteiger partial charge is 0.462 e. The first-order chi connectivity index (χ1) is 13.8. The Kier molecular flexibility index (Phi) is 5.87. The summed E-state index contributed by atoms with van der Waals surface area (Å²) in [6, 6.07) is 9.13. The zero-order valence-electron chi connectivity index (χ0n) is 16.9. The van der Waals surface area contributed by atoms with E-state index in [-0.39, 0.29) is 18.9 Å². The zero-order valence-corrected chi connectivity index (χ0v) is 16.9. The number of aromatic nitrogens is 2. The first kappa shape index (κ1) is 20.4. The molecule has 0 unspecified atom stereocenters. The molecule has 1 N–H and O–H groups in total. The highest BCUT2D eigenvalue weighted by molar-refractivity contribution is 6.10. The molecule has 0 bridgehead atoms. The Balaban J connectivity index is 1.71. The number of carbonyl (C=O) groups excluding carboxylic acids is 3. The number of rotatable bonds is 7. The van der Waals surface area contributed by atoms with Gasteiger partial charge in [-0.1, -0.05) is 18.2 Å². The van der Waals surface area contributed by atoms with Gasteiger partial charge in [0.05, 0.1) is 12.2 Å². The van der Waals surface area contributed by atoms with Crippen molar-refractivity contribution < 1.29 is 23.9 Å². The Labute approximate surface area is 168 Å². The summed E-state index contributed by atoms with van der Waals surface area (Å²) in [5, 5.41) is 0.788. The number of aryl methyl sites for hydroxylation is 1. The smallest absolute Gasteiger partial charge is 0.339 e. The van der Waals surface area contributed by atoms with Gasteiger partial charge in [0.15, 0.2) is 6.10 Å². The van der Waals surface area contributed by atoms with Crippen molar-refractivity contribution in [2.45, 2.75) is 40.3 Å². The molecule has 3 rings (SSSR count). The number of hydrogen-bond acceptors (Lipinski definition) is 5. The molecular formula is C22H24N2O5. The van der Waals surface area contributed by atoms with Gasteiger partial charge in [0.2, 0.25) is 5.78 Å². The molecule has 152 valence electrons. The second-order valence-electron chi connectivity index (χ2n) is 6.84. The SMILES string of the molecule is CCOC(=O)c1cc(C)n(CC(=O)O[C@@H](C)C(=O)c2c[nH]c3ccccc23)c1C. The van der Waals surface area contributed by atoms with E-state index in [1.807, 2.05) is 24.3 Å². The van der Waals surface area contributed by atoms with Gasteiger partial charge < -0.3 is 19.0 Å². The maximum absolute atomic E-state index is 12.7. The average Bonchev–Trinajstić information content (AvgIpc) is 3.24. The standard InChI is InChI=1S/C22H24N2O5/c1-5-28-22(27)17-10-13(2)24(14(17)3)12-20(25)29-15(4)21(26)18-11-23-19-9-7-6-8-16(18)19/h6-11,15,23H,5,12H2,1-4H3/t15-/m0/s1. The molecule has 1 atom stereocenters. The van der Waals surface area contributed by atoms with Crippen LogP contribution in [0.1, 0.15) is 46.0 Å². The van der Waals surface area contributed by atoms with Gasteiger partial charge in [-0.2, -0.15) is 0 Å². The lowest BCUT2D eigenvalue weighted by atomic mass is 10.1. The molecule has 0 radical (unpaired) electrons. The van der Waals surface area contributed by atoms with E-state index in [0.717, 1.165) is 16.6 Å². The second-order valence-corrected chi connectivity index (χ2v) is 6.84. The van der Waals surface area contributed by atoms with Crippen molar-refractivity contribution in [3.8, 4) is 0 Å². The van der Waals surface area contributed by atoms with E-state index in [0.29, 0.717) is 16.8 Å². The minimum absolute atomic E-state index is 0.0947. The Morgan fingerprint density at radius 1 is 1.14 bits per heavy atom. The highest BCUT2D eigenvalue weighted by Gasteiger charge is 2.24. The number of benzene rings is 1. The van der Waals surface area contributed by atoms with Crippen LogP contribution < -0.4 is 0 Å². The lowest BCUT2D eigenvalue weighted by Crippen LogP contribution is -2.27. The molecular weight excluding hydrogens is 372 g/mol. The number of Topliss-reactive ketones (excluding diaryl/α,β-unsaturated/α-hetero) is 1. The third kappa shape index (κ3) is 4.08. The lowest BCUT2D eigenvalue weighted by Gasteiger charge is -2.14. The van der Waals surface area contributed by atoms with E-state index in [9.17, 15) is 14.4 Å². The number of H-pyrrole nitrogens is 1. The fraction of sp³-hybridized carbons (Fsp3) is 0.318. The lowest BCUT2D eigenvalue weighted by molar-refractivity contribution is -0.147. The topological polar surface area (TPSA) is 90.4 Å². The van der Waals surface area contributed by atoms with Gasteiger partial charge in [0, 0.05) is 34.1 Å². The highest BCUT2D eigenvalue weighted by Crippen LogP contribution is 2.20. The van der Waals surface area contributed by atoms with Crippen LogP contribution in [0.25, 0.3) is 10.9 Å². The van der Waals surface area contributed by atoms with Crippen molar-refractivity contribution in [1.82, 2.24) is 9.55 Å². The van der Waals surface area contributed by atoms with E-state index in [1.165, 1.54) is 0 Å². The third-order valence-corrected chi connectivity index (χ3v) is 4.89. The van der Waals surface area contributed by atoms with Gasteiger partial charge >= 0.3 is 11.9 Å². The number of hydrogen-bond donors (Lipinski definition) is 1. The second kappa shape index (κ2) is 8.34. The molecule has 0 fully saturated rings. The molecule has 0 saturated heterocycles. The summed E-state index contributed by atoms with van der Waals surface area (Å²) < 4.78 is 12.1. The van der Waals surface area contributed by atoms with E-state index >= 15 is 0 Å². The van der Waals surface area contributed by atoms with Crippen molar-refractivity contribution >= 4 is 28.6 Å². The van der Waals surface area contributed by atoms with Crippen molar-refractivity contribution in [3.63, 3.8) is 0 Å². The molecule has 7 nitrogen and oxygen atoms in total.